The molecule has 0 fully saturated rings. The molecule has 1 amide bonds. The third kappa shape index (κ3) is 4.98. The maximum atomic E-state index is 15.0. The molecule has 0 aliphatic rings. The Morgan fingerprint density at radius 2 is 1.84 bits per heavy atom. The van der Waals surface area contributed by atoms with Crippen molar-refractivity contribution < 1.29 is 26.7 Å². The number of pyridine rings is 1. The smallest absolute Gasteiger partial charge is 0.352 e. The van der Waals surface area contributed by atoms with Gasteiger partial charge in [-0.1, -0.05) is 19.9 Å². The van der Waals surface area contributed by atoms with E-state index in [2.05, 4.69) is 20.3 Å². The number of amides is 1. The second-order valence-corrected chi connectivity index (χ2v) is 7.18. The zero-order valence-corrected chi connectivity index (χ0v) is 16.8. The molecule has 0 aliphatic carbocycles. The summed E-state index contributed by atoms with van der Waals surface area (Å²) in [4.78, 5) is 33.7. The number of rotatable bonds is 5. The summed E-state index contributed by atoms with van der Waals surface area (Å²) in [5.41, 5.74) is -2.74. The summed E-state index contributed by atoms with van der Waals surface area (Å²) in [5.74, 6) is -3.22. The van der Waals surface area contributed by atoms with Crippen LogP contribution in [0.1, 0.15) is 25.0 Å². The van der Waals surface area contributed by atoms with Crippen molar-refractivity contribution in [3.05, 3.63) is 69.6 Å². The lowest BCUT2D eigenvalue weighted by molar-refractivity contribution is -0.137. The Morgan fingerprint density at radius 3 is 2.44 bits per heavy atom. The van der Waals surface area contributed by atoms with Crippen LogP contribution in [0.2, 0.25) is 0 Å². The van der Waals surface area contributed by atoms with Gasteiger partial charge in [-0.05, 0) is 18.2 Å². The molecule has 11 heteroatoms. The lowest BCUT2D eigenvalue weighted by atomic mass is 10.1. The molecule has 2 heterocycles. The molecule has 168 valence electrons. The molecule has 0 bridgehead atoms. The SMILES string of the molecule is CC(C)C(=O)NCc1ccc(F)c(-c2nc(-c3ccc(C(F)(F)F)cn3)cc(=O)[nH]2)c1F. The predicted molar refractivity (Wildman–Crippen MR) is 105 cm³/mol. The normalized spacial score (nSPS) is 11.6. The zero-order valence-electron chi connectivity index (χ0n) is 16.8. The number of benzene rings is 1. The lowest BCUT2D eigenvalue weighted by Crippen LogP contribution is -2.27. The Labute approximate surface area is 178 Å². The van der Waals surface area contributed by atoms with Crippen molar-refractivity contribution in [2.75, 3.05) is 0 Å². The van der Waals surface area contributed by atoms with Crippen molar-refractivity contribution in [2.45, 2.75) is 26.6 Å². The van der Waals surface area contributed by atoms with Crippen LogP contribution in [0.4, 0.5) is 22.0 Å². The summed E-state index contributed by atoms with van der Waals surface area (Å²) < 4.78 is 67.7. The van der Waals surface area contributed by atoms with Crippen LogP contribution < -0.4 is 10.9 Å². The molecule has 3 rings (SSSR count). The summed E-state index contributed by atoms with van der Waals surface area (Å²) in [6.07, 6.45) is -4.03. The number of halogens is 5. The first-order valence-corrected chi connectivity index (χ1v) is 9.37. The molecule has 0 aliphatic heterocycles. The van der Waals surface area contributed by atoms with Crippen LogP contribution in [0.5, 0.6) is 0 Å². The van der Waals surface area contributed by atoms with Gasteiger partial charge >= 0.3 is 6.18 Å². The maximum Gasteiger partial charge on any atom is 0.417 e. The van der Waals surface area contributed by atoms with Gasteiger partial charge in [-0.25, -0.2) is 13.8 Å². The summed E-state index contributed by atoms with van der Waals surface area (Å²) in [6.45, 7) is 3.08. The first kappa shape index (κ1) is 23.0. The van der Waals surface area contributed by atoms with E-state index in [0.717, 1.165) is 30.3 Å². The van der Waals surface area contributed by atoms with Gasteiger partial charge in [0.2, 0.25) is 5.91 Å². The van der Waals surface area contributed by atoms with Gasteiger partial charge in [0.1, 0.15) is 17.5 Å². The highest BCUT2D eigenvalue weighted by atomic mass is 19.4. The minimum absolute atomic E-state index is 0.0453. The number of aromatic amines is 1. The maximum absolute atomic E-state index is 15.0. The quantitative estimate of drug-likeness (QED) is 0.572. The van der Waals surface area contributed by atoms with Crippen molar-refractivity contribution in [1.82, 2.24) is 20.3 Å². The van der Waals surface area contributed by atoms with Crippen molar-refractivity contribution in [3.63, 3.8) is 0 Å². The predicted octanol–water partition coefficient (Wildman–Crippen LogP) is 4.07. The average Bonchev–Trinajstić information content (AvgIpc) is 2.72. The molecule has 1 aromatic carbocycles. The van der Waals surface area contributed by atoms with E-state index >= 15 is 4.39 Å². The Balaban J connectivity index is 2.02. The van der Waals surface area contributed by atoms with Crippen LogP contribution in [0, 0.1) is 17.6 Å². The molecule has 2 aromatic heterocycles. The fourth-order valence-corrected chi connectivity index (χ4v) is 2.76. The Hall–Kier alpha value is -3.63. The van der Waals surface area contributed by atoms with E-state index in [-0.39, 0.29) is 35.3 Å². The fourth-order valence-electron chi connectivity index (χ4n) is 2.76. The standard InChI is InChI=1S/C21H17F5N4O2/c1-10(2)20(32)28-8-11-3-5-13(22)17(18(11)23)19-29-15(7-16(31)30-19)14-6-4-12(9-27-14)21(24,25)26/h3-7,9-10H,8H2,1-2H3,(H,28,32)(H,29,30,31). The molecule has 0 spiro atoms. The Morgan fingerprint density at radius 1 is 1.12 bits per heavy atom. The molecule has 0 unspecified atom stereocenters. The second-order valence-electron chi connectivity index (χ2n) is 7.18. The number of aromatic nitrogens is 3. The molecule has 0 saturated carbocycles. The molecule has 0 atom stereocenters. The highest BCUT2D eigenvalue weighted by Gasteiger charge is 2.30. The molecular formula is C21H17F5N4O2. The van der Waals surface area contributed by atoms with E-state index in [9.17, 15) is 27.2 Å². The van der Waals surface area contributed by atoms with E-state index in [1.807, 2.05) is 0 Å². The van der Waals surface area contributed by atoms with E-state index in [0.29, 0.717) is 6.20 Å². The van der Waals surface area contributed by atoms with Gasteiger partial charge in [0.05, 0.1) is 22.5 Å². The number of H-pyrrole nitrogens is 1. The van der Waals surface area contributed by atoms with Gasteiger partial charge in [0.25, 0.3) is 5.56 Å². The van der Waals surface area contributed by atoms with Gasteiger partial charge in [0.15, 0.2) is 0 Å². The first-order chi connectivity index (χ1) is 15.0. The number of hydrogen-bond donors (Lipinski definition) is 2. The zero-order chi connectivity index (χ0) is 23.6. The topological polar surface area (TPSA) is 87.7 Å². The lowest BCUT2D eigenvalue weighted by Gasteiger charge is -2.12. The summed E-state index contributed by atoms with van der Waals surface area (Å²) >= 11 is 0. The molecule has 6 nitrogen and oxygen atoms in total. The van der Waals surface area contributed by atoms with Crippen LogP contribution in [0.15, 0.2) is 41.3 Å². The molecule has 3 aromatic rings. The van der Waals surface area contributed by atoms with Crippen molar-refractivity contribution >= 4 is 5.91 Å². The van der Waals surface area contributed by atoms with Crippen LogP contribution >= 0.6 is 0 Å². The Kier molecular flexibility index (Phi) is 6.37. The van der Waals surface area contributed by atoms with E-state index in [4.69, 9.17) is 0 Å². The summed E-state index contributed by atoms with van der Waals surface area (Å²) in [5, 5.41) is 2.51. The average molecular weight is 452 g/mol. The third-order valence-electron chi connectivity index (χ3n) is 4.48. The molecular weight excluding hydrogens is 435 g/mol. The minimum Gasteiger partial charge on any atom is -0.352 e. The van der Waals surface area contributed by atoms with Crippen molar-refractivity contribution in [3.8, 4) is 22.8 Å². The van der Waals surface area contributed by atoms with Gasteiger partial charge in [-0.3, -0.25) is 14.6 Å². The number of nitrogens with zero attached hydrogens (tertiary/aromatic N) is 2. The highest BCUT2D eigenvalue weighted by Crippen LogP contribution is 2.30. The van der Waals surface area contributed by atoms with Gasteiger partial charge < -0.3 is 10.3 Å². The summed E-state index contributed by atoms with van der Waals surface area (Å²) in [7, 11) is 0. The van der Waals surface area contributed by atoms with Crippen LogP contribution in [-0.2, 0) is 17.5 Å². The number of carbonyl (C=O) groups excluding carboxylic acids is 1. The van der Waals surface area contributed by atoms with E-state index < -0.39 is 40.3 Å². The van der Waals surface area contributed by atoms with Crippen LogP contribution in [0.25, 0.3) is 22.8 Å². The van der Waals surface area contributed by atoms with E-state index in [1.165, 1.54) is 0 Å². The second kappa shape index (κ2) is 8.85. The number of nitrogens with one attached hydrogen (secondary N) is 2. The summed E-state index contributed by atoms with van der Waals surface area (Å²) in [6, 6.07) is 4.80. The fraction of sp³-hybridized carbons (Fsp3) is 0.238. The van der Waals surface area contributed by atoms with Gasteiger partial charge in [-0.2, -0.15) is 13.2 Å². The Bertz CT molecular complexity index is 1200. The largest absolute Gasteiger partial charge is 0.417 e. The van der Waals surface area contributed by atoms with Crippen molar-refractivity contribution in [2.24, 2.45) is 5.92 Å². The molecule has 0 radical (unpaired) electrons. The highest BCUT2D eigenvalue weighted by molar-refractivity contribution is 5.77. The number of hydrogen-bond acceptors (Lipinski definition) is 4. The molecule has 0 saturated heterocycles. The third-order valence-corrected chi connectivity index (χ3v) is 4.48. The monoisotopic (exact) mass is 452 g/mol. The van der Waals surface area contributed by atoms with Crippen LogP contribution in [-0.4, -0.2) is 20.9 Å². The molecule has 32 heavy (non-hydrogen) atoms. The van der Waals surface area contributed by atoms with Gasteiger partial charge in [-0.15, -0.1) is 0 Å². The minimum atomic E-state index is -4.60. The van der Waals surface area contributed by atoms with Gasteiger partial charge in [0, 0.05) is 30.3 Å². The number of alkyl halides is 3. The first-order valence-electron chi connectivity index (χ1n) is 9.37. The van der Waals surface area contributed by atoms with Crippen LogP contribution in [0.3, 0.4) is 0 Å². The molecule has 2 N–H and O–H groups in total. The van der Waals surface area contributed by atoms with Crippen molar-refractivity contribution in [1.29, 1.82) is 0 Å². The number of carbonyl (C=O) groups is 1. The van der Waals surface area contributed by atoms with E-state index in [1.54, 1.807) is 13.8 Å².